The second kappa shape index (κ2) is 8.79. The zero-order valence-electron chi connectivity index (χ0n) is 16.5. The topological polar surface area (TPSA) is 79.9 Å². The molecule has 0 aliphatic heterocycles. The summed E-state index contributed by atoms with van der Waals surface area (Å²) in [7, 11) is 0. The largest absolute Gasteiger partial charge is 0.474 e. The van der Waals surface area contributed by atoms with Crippen LogP contribution < -0.4 is 10.1 Å². The number of carbonyl (C=O) groups excluding carboxylic acids is 1. The van der Waals surface area contributed by atoms with Crippen LogP contribution in [0, 0.1) is 0 Å². The fraction of sp³-hybridized carbons (Fsp3) is 0.318. The molecule has 3 aromatic rings. The van der Waals surface area contributed by atoms with Crippen molar-refractivity contribution in [1.82, 2.24) is 20.5 Å². The number of amides is 1. The molecule has 9 heteroatoms. The van der Waals surface area contributed by atoms with E-state index in [1.807, 2.05) is 30.3 Å². The quantitative estimate of drug-likeness (QED) is 0.620. The Kier molecular flexibility index (Phi) is 5.92. The van der Waals surface area contributed by atoms with E-state index in [1.54, 1.807) is 6.07 Å². The summed E-state index contributed by atoms with van der Waals surface area (Å²) in [4.78, 5) is 16.3. The van der Waals surface area contributed by atoms with Crippen LogP contribution in [0.4, 0.5) is 13.2 Å². The van der Waals surface area contributed by atoms with Gasteiger partial charge in [0.1, 0.15) is 11.8 Å². The number of hydrogen-bond acceptors (Lipinski definition) is 4. The van der Waals surface area contributed by atoms with Crippen molar-refractivity contribution >= 4 is 5.91 Å². The Morgan fingerprint density at radius 1 is 1.06 bits per heavy atom. The lowest BCUT2D eigenvalue weighted by Gasteiger charge is -2.29. The number of rotatable bonds is 5. The van der Waals surface area contributed by atoms with Gasteiger partial charge < -0.3 is 10.1 Å². The molecule has 6 nitrogen and oxygen atoms in total. The van der Waals surface area contributed by atoms with Gasteiger partial charge in [0.25, 0.3) is 5.91 Å². The summed E-state index contributed by atoms with van der Waals surface area (Å²) >= 11 is 0. The van der Waals surface area contributed by atoms with Crippen molar-refractivity contribution in [2.24, 2.45) is 0 Å². The van der Waals surface area contributed by atoms with E-state index in [0.29, 0.717) is 37.1 Å². The first kappa shape index (κ1) is 20.9. The maximum atomic E-state index is 12.6. The number of pyridine rings is 1. The van der Waals surface area contributed by atoms with Crippen LogP contribution in [-0.2, 0) is 6.18 Å². The van der Waals surface area contributed by atoms with Gasteiger partial charge in [0.15, 0.2) is 0 Å². The van der Waals surface area contributed by atoms with E-state index in [2.05, 4.69) is 20.5 Å². The van der Waals surface area contributed by atoms with Gasteiger partial charge in [-0.3, -0.25) is 9.89 Å². The van der Waals surface area contributed by atoms with E-state index < -0.39 is 11.7 Å². The van der Waals surface area contributed by atoms with Gasteiger partial charge in [-0.25, -0.2) is 4.98 Å². The third kappa shape index (κ3) is 5.22. The predicted octanol–water partition coefficient (Wildman–Crippen LogP) is 4.61. The monoisotopic (exact) mass is 430 g/mol. The number of ether oxygens (including phenoxy) is 1. The second-order valence-corrected chi connectivity index (χ2v) is 7.48. The molecule has 2 N–H and O–H groups in total. The molecule has 1 aromatic carbocycles. The lowest BCUT2D eigenvalue weighted by molar-refractivity contribution is -0.137. The van der Waals surface area contributed by atoms with Crippen molar-refractivity contribution in [3.8, 4) is 17.1 Å². The van der Waals surface area contributed by atoms with Gasteiger partial charge in [-0.05, 0) is 37.8 Å². The van der Waals surface area contributed by atoms with Crippen LogP contribution in [0.5, 0.6) is 5.88 Å². The molecule has 0 atom stereocenters. The highest BCUT2D eigenvalue weighted by Crippen LogP contribution is 2.30. The van der Waals surface area contributed by atoms with Crippen molar-refractivity contribution in [2.45, 2.75) is 44.0 Å². The maximum absolute atomic E-state index is 12.6. The zero-order valence-corrected chi connectivity index (χ0v) is 16.5. The molecule has 1 aliphatic rings. The molecule has 1 aliphatic carbocycles. The molecular weight excluding hydrogens is 409 g/mol. The van der Waals surface area contributed by atoms with Crippen LogP contribution >= 0.6 is 0 Å². The second-order valence-electron chi connectivity index (χ2n) is 7.48. The first-order valence-electron chi connectivity index (χ1n) is 10.00. The summed E-state index contributed by atoms with van der Waals surface area (Å²) < 4.78 is 43.5. The Morgan fingerprint density at radius 3 is 2.45 bits per heavy atom. The van der Waals surface area contributed by atoms with Crippen molar-refractivity contribution < 1.29 is 22.7 Å². The SMILES string of the molecule is O=C(NC1CCC(Oc2ccc(C(F)(F)F)cn2)CC1)c1cc(-c2ccccc2)n[nH]1. The Labute approximate surface area is 176 Å². The number of H-pyrrole nitrogens is 1. The number of hydrogen-bond donors (Lipinski definition) is 2. The molecule has 2 heterocycles. The number of nitrogens with one attached hydrogen (secondary N) is 2. The lowest BCUT2D eigenvalue weighted by Crippen LogP contribution is -2.39. The number of benzene rings is 1. The van der Waals surface area contributed by atoms with Gasteiger partial charge in [0, 0.05) is 23.9 Å². The number of halogens is 3. The highest BCUT2D eigenvalue weighted by molar-refractivity contribution is 5.93. The van der Waals surface area contributed by atoms with Crippen molar-refractivity contribution in [1.29, 1.82) is 0 Å². The summed E-state index contributed by atoms with van der Waals surface area (Å²) in [5.41, 5.74) is 1.21. The van der Waals surface area contributed by atoms with Crippen molar-refractivity contribution in [2.75, 3.05) is 0 Å². The molecule has 4 rings (SSSR count). The minimum atomic E-state index is -4.42. The van der Waals surface area contributed by atoms with Gasteiger partial charge in [0.2, 0.25) is 5.88 Å². The zero-order chi connectivity index (χ0) is 21.8. The minimum Gasteiger partial charge on any atom is -0.474 e. The maximum Gasteiger partial charge on any atom is 0.417 e. The van der Waals surface area contributed by atoms with Gasteiger partial charge in [-0.15, -0.1) is 0 Å². The number of aromatic nitrogens is 3. The molecule has 1 saturated carbocycles. The van der Waals surface area contributed by atoms with Crippen molar-refractivity contribution in [3.05, 3.63) is 66.0 Å². The van der Waals surface area contributed by atoms with Crippen LogP contribution in [0.1, 0.15) is 41.7 Å². The van der Waals surface area contributed by atoms with E-state index in [0.717, 1.165) is 17.8 Å². The molecule has 162 valence electrons. The predicted molar refractivity (Wildman–Crippen MR) is 107 cm³/mol. The van der Waals surface area contributed by atoms with Crippen LogP contribution in [0.25, 0.3) is 11.3 Å². The molecule has 0 unspecified atom stereocenters. The summed E-state index contributed by atoms with van der Waals surface area (Å²) in [6.45, 7) is 0. The summed E-state index contributed by atoms with van der Waals surface area (Å²) in [6, 6.07) is 13.5. The van der Waals surface area contributed by atoms with Gasteiger partial charge >= 0.3 is 6.18 Å². The Hall–Kier alpha value is -3.36. The molecule has 0 saturated heterocycles. The first-order chi connectivity index (χ1) is 14.9. The molecule has 0 radical (unpaired) electrons. The lowest BCUT2D eigenvalue weighted by atomic mass is 9.93. The third-order valence-corrected chi connectivity index (χ3v) is 5.25. The number of nitrogens with zero attached hydrogens (tertiary/aromatic N) is 2. The third-order valence-electron chi connectivity index (χ3n) is 5.25. The molecule has 31 heavy (non-hydrogen) atoms. The van der Waals surface area contributed by atoms with Crippen molar-refractivity contribution in [3.63, 3.8) is 0 Å². The fourth-order valence-corrected chi connectivity index (χ4v) is 3.57. The summed E-state index contributed by atoms with van der Waals surface area (Å²) in [6.07, 6.45) is -1.03. The highest BCUT2D eigenvalue weighted by atomic mass is 19.4. The van der Waals surface area contributed by atoms with Gasteiger partial charge in [-0.1, -0.05) is 30.3 Å². The van der Waals surface area contributed by atoms with E-state index in [-0.39, 0.29) is 23.9 Å². The fourth-order valence-electron chi connectivity index (χ4n) is 3.57. The molecule has 2 aromatic heterocycles. The van der Waals surface area contributed by atoms with E-state index in [1.165, 1.54) is 6.07 Å². The van der Waals surface area contributed by atoms with E-state index >= 15 is 0 Å². The molecule has 0 bridgehead atoms. The Bertz CT molecular complexity index is 1010. The Balaban J connectivity index is 1.26. The molecule has 1 fully saturated rings. The van der Waals surface area contributed by atoms with Crippen LogP contribution in [0.3, 0.4) is 0 Å². The average Bonchev–Trinajstić information content (AvgIpc) is 3.26. The highest BCUT2D eigenvalue weighted by Gasteiger charge is 2.31. The summed E-state index contributed by atoms with van der Waals surface area (Å²) in [5, 5.41) is 9.97. The summed E-state index contributed by atoms with van der Waals surface area (Å²) in [5.74, 6) is -0.0464. The molecular formula is C22H21F3N4O2. The van der Waals surface area contributed by atoms with Crippen LogP contribution in [-0.4, -0.2) is 33.2 Å². The smallest absolute Gasteiger partial charge is 0.417 e. The van der Waals surface area contributed by atoms with Gasteiger partial charge in [0.05, 0.1) is 11.3 Å². The number of aromatic amines is 1. The van der Waals surface area contributed by atoms with Gasteiger partial charge in [-0.2, -0.15) is 18.3 Å². The number of alkyl halides is 3. The average molecular weight is 430 g/mol. The molecule has 1 amide bonds. The van der Waals surface area contributed by atoms with E-state index in [4.69, 9.17) is 4.74 Å². The number of carbonyl (C=O) groups is 1. The van der Waals surface area contributed by atoms with Crippen LogP contribution in [0.15, 0.2) is 54.7 Å². The standard InChI is InChI=1S/C22H21F3N4O2/c23-22(24,25)15-6-11-20(26-13-15)31-17-9-7-16(8-10-17)27-21(30)19-12-18(28-29-19)14-4-2-1-3-5-14/h1-6,11-13,16-17H,7-10H2,(H,27,30)(H,28,29). The van der Waals surface area contributed by atoms with E-state index in [9.17, 15) is 18.0 Å². The Morgan fingerprint density at radius 2 is 1.81 bits per heavy atom. The normalized spacial score (nSPS) is 19.1. The minimum absolute atomic E-state index is 0.00334. The molecule has 0 spiro atoms. The first-order valence-corrected chi connectivity index (χ1v) is 10.00. The van der Waals surface area contributed by atoms with Crippen LogP contribution in [0.2, 0.25) is 0 Å².